The number of nitrogens with one attached hydrogen (secondary N) is 1. The molecule has 5 heteroatoms. The lowest BCUT2D eigenvalue weighted by Gasteiger charge is -2.41. The Bertz CT molecular complexity index is 1200. The molecule has 0 aliphatic carbocycles. The third-order valence-electron chi connectivity index (χ3n) is 5.77. The monoisotopic (exact) mass is 409 g/mol. The molecule has 31 heavy (non-hydrogen) atoms. The molecule has 5 nitrogen and oxygen atoms in total. The molecule has 0 aromatic heterocycles. The number of hydrogen-bond acceptors (Lipinski definition) is 5. The van der Waals surface area contributed by atoms with Crippen LogP contribution in [0, 0.1) is 0 Å². The fraction of sp³-hybridized carbons (Fsp3) is 0.0769. The zero-order valence-electron chi connectivity index (χ0n) is 17.1. The number of hydrazine groups is 1. The van der Waals surface area contributed by atoms with Crippen LogP contribution in [-0.2, 0) is 5.60 Å². The third-order valence-corrected chi connectivity index (χ3v) is 5.77. The van der Waals surface area contributed by atoms with Gasteiger partial charge in [-0.05, 0) is 17.7 Å². The van der Waals surface area contributed by atoms with E-state index < -0.39 is 5.60 Å². The van der Waals surface area contributed by atoms with E-state index in [0.717, 1.165) is 33.5 Å². The fourth-order valence-electron chi connectivity index (χ4n) is 4.43. The first-order valence-electron chi connectivity index (χ1n) is 10.1. The fourth-order valence-corrected chi connectivity index (χ4v) is 4.43. The van der Waals surface area contributed by atoms with Gasteiger partial charge in [-0.1, -0.05) is 66.7 Å². The van der Waals surface area contributed by atoms with E-state index in [1.54, 1.807) is 7.11 Å². The summed E-state index contributed by atoms with van der Waals surface area (Å²) >= 11 is 0. The van der Waals surface area contributed by atoms with Crippen LogP contribution in [0.3, 0.4) is 0 Å². The van der Waals surface area contributed by atoms with Crippen LogP contribution >= 0.6 is 0 Å². The van der Waals surface area contributed by atoms with Crippen molar-refractivity contribution >= 4 is 11.4 Å². The predicted molar refractivity (Wildman–Crippen MR) is 124 cm³/mol. The van der Waals surface area contributed by atoms with Crippen LogP contribution < -0.4 is 26.5 Å². The first-order valence-corrected chi connectivity index (χ1v) is 10.1. The average molecular weight is 409 g/mol. The van der Waals surface area contributed by atoms with Crippen LogP contribution in [0.1, 0.15) is 16.7 Å². The van der Waals surface area contributed by atoms with Gasteiger partial charge in [0.15, 0.2) is 5.60 Å². The Balaban J connectivity index is 1.92. The van der Waals surface area contributed by atoms with Gasteiger partial charge in [0.05, 0.1) is 12.7 Å². The van der Waals surface area contributed by atoms with Gasteiger partial charge >= 0.3 is 0 Å². The summed E-state index contributed by atoms with van der Waals surface area (Å²) in [5.41, 5.74) is 14.3. The van der Waals surface area contributed by atoms with Gasteiger partial charge in [-0.3, -0.25) is 5.84 Å². The van der Waals surface area contributed by atoms with Crippen molar-refractivity contribution in [3.8, 4) is 22.6 Å². The van der Waals surface area contributed by atoms with Crippen molar-refractivity contribution in [3.63, 3.8) is 0 Å². The van der Waals surface area contributed by atoms with Crippen molar-refractivity contribution in [2.75, 3.05) is 18.3 Å². The van der Waals surface area contributed by atoms with Gasteiger partial charge in [0, 0.05) is 40.2 Å². The minimum atomic E-state index is -0.864. The van der Waals surface area contributed by atoms with Crippen molar-refractivity contribution < 1.29 is 9.47 Å². The van der Waals surface area contributed by atoms with Crippen molar-refractivity contribution in [3.05, 3.63) is 108 Å². The molecule has 0 fully saturated rings. The molecule has 1 aliphatic rings. The molecule has 0 radical (unpaired) electrons. The molecule has 0 atom stereocenters. The summed E-state index contributed by atoms with van der Waals surface area (Å²) in [4.78, 5) is 0. The Labute approximate surface area is 181 Å². The number of nitrogens with two attached hydrogens (primary N) is 2. The first kappa shape index (κ1) is 19.0. The maximum Gasteiger partial charge on any atom is 0.185 e. The summed E-state index contributed by atoms with van der Waals surface area (Å²) in [7, 11) is 1.63. The Hall–Kier alpha value is -3.96. The molecule has 5 N–H and O–H groups in total. The number of fused-ring (bicyclic) bond motifs is 3. The number of nitrogen functional groups attached to an aromatic ring is 2. The summed E-state index contributed by atoms with van der Waals surface area (Å²) in [6.07, 6.45) is 0. The van der Waals surface area contributed by atoms with Crippen molar-refractivity contribution in [1.82, 2.24) is 0 Å². The molecule has 4 aromatic rings. The zero-order valence-corrected chi connectivity index (χ0v) is 17.1. The molecule has 0 saturated carbocycles. The first-order chi connectivity index (χ1) is 15.2. The summed E-state index contributed by atoms with van der Waals surface area (Å²) in [6, 6.07) is 30.1. The van der Waals surface area contributed by atoms with Gasteiger partial charge in [-0.15, -0.1) is 0 Å². The molecule has 1 aliphatic heterocycles. The van der Waals surface area contributed by atoms with Crippen LogP contribution in [0.2, 0.25) is 0 Å². The highest BCUT2D eigenvalue weighted by atomic mass is 16.5. The second-order valence-electron chi connectivity index (χ2n) is 7.52. The summed E-state index contributed by atoms with van der Waals surface area (Å²) in [5.74, 6) is 7.07. The molecule has 0 saturated heterocycles. The zero-order chi connectivity index (χ0) is 21.4. The molecule has 0 amide bonds. The maximum atomic E-state index is 6.90. The van der Waals surface area contributed by atoms with E-state index in [0.29, 0.717) is 17.2 Å². The summed E-state index contributed by atoms with van der Waals surface area (Å²) in [6.45, 7) is 0. The van der Waals surface area contributed by atoms with Crippen molar-refractivity contribution in [2.45, 2.75) is 5.60 Å². The van der Waals surface area contributed by atoms with E-state index >= 15 is 0 Å². The van der Waals surface area contributed by atoms with Crippen LogP contribution in [0.4, 0.5) is 11.4 Å². The summed E-state index contributed by atoms with van der Waals surface area (Å²) in [5, 5.41) is 0. The van der Waals surface area contributed by atoms with E-state index in [1.165, 1.54) is 0 Å². The van der Waals surface area contributed by atoms with E-state index in [1.807, 2.05) is 60.7 Å². The van der Waals surface area contributed by atoms with E-state index in [4.69, 9.17) is 21.1 Å². The smallest absolute Gasteiger partial charge is 0.185 e. The van der Waals surface area contributed by atoms with Gasteiger partial charge in [-0.25, -0.2) is 0 Å². The normalized spacial score (nSPS) is 13.5. The highest BCUT2D eigenvalue weighted by Gasteiger charge is 2.45. The lowest BCUT2D eigenvalue weighted by Crippen LogP contribution is -2.38. The molecule has 1 heterocycles. The molecule has 5 rings (SSSR count). The molecule has 0 spiro atoms. The van der Waals surface area contributed by atoms with Gasteiger partial charge in [0.1, 0.15) is 11.5 Å². The van der Waals surface area contributed by atoms with Gasteiger partial charge < -0.3 is 20.6 Å². The molecule has 154 valence electrons. The van der Waals surface area contributed by atoms with Crippen LogP contribution in [-0.4, -0.2) is 7.11 Å². The second kappa shape index (κ2) is 7.38. The van der Waals surface area contributed by atoms with Crippen LogP contribution in [0.25, 0.3) is 11.1 Å². The van der Waals surface area contributed by atoms with E-state index in [2.05, 4.69) is 35.8 Å². The van der Waals surface area contributed by atoms with E-state index in [9.17, 15) is 0 Å². The van der Waals surface area contributed by atoms with Crippen molar-refractivity contribution in [2.24, 2.45) is 5.84 Å². The number of anilines is 2. The standard InChI is InChI=1S/C26H23N3O2/c1-30-23-14-19(27)15-24-25(23)21-16-20(29-28)12-13-22(21)26(31-24,17-8-4-2-5-9-17)18-10-6-3-7-11-18/h2-16,29H,27-28H2,1H3. The minimum absolute atomic E-state index is 0.571. The van der Waals surface area contributed by atoms with E-state index in [-0.39, 0.29) is 0 Å². The quantitative estimate of drug-likeness (QED) is 0.253. The van der Waals surface area contributed by atoms with Crippen molar-refractivity contribution in [1.29, 1.82) is 0 Å². The Morgan fingerprint density at radius 2 is 1.48 bits per heavy atom. The number of hydrogen-bond donors (Lipinski definition) is 3. The van der Waals surface area contributed by atoms with Gasteiger partial charge in [-0.2, -0.15) is 0 Å². The lowest BCUT2D eigenvalue weighted by atomic mass is 9.75. The highest BCUT2D eigenvalue weighted by molar-refractivity contribution is 5.87. The lowest BCUT2D eigenvalue weighted by molar-refractivity contribution is 0.151. The molecule has 0 unspecified atom stereocenters. The van der Waals surface area contributed by atoms with Gasteiger partial charge in [0.25, 0.3) is 0 Å². The largest absolute Gasteiger partial charge is 0.496 e. The SMILES string of the molecule is COc1cc(N)cc2c1-c1cc(NN)ccc1C(c1ccccc1)(c1ccccc1)O2. The topological polar surface area (TPSA) is 82.5 Å². The Morgan fingerprint density at radius 3 is 2.06 bits per heavy atom. The Kier molecular flexibility index (Phi) is 4.53. The molecule has 4 aromatic carbocycles. The Morgan fingerprint density at radius 1 is 0.839 bits per heavy atom. The highest BCUT2D eigenvalue weighted by Crippen LogP contribution is 2.55. The van der Waals surface area contributed by atoms with Crippen LogP contribution in [0.5, 0.6) is 11.5 Å². The number of benzene rings is 4. The van der Waals surface area contributed by atoms with Crippen LogP contribution in [0.15, 0.2) is 91.0 Å². The minimum Gasteiger partial charge on any atom is -0.496 e. The van der Waals surface area contributed by atoms with Gasteiger partial charge in [0.2, 0.25) is 0 Å². The number of ether oxygens (including phenoxy) is 2. The predicted octanol–water partition coefficient (Wildman–Crippen LogP) is 4.91. The average Bonchev–Trinajstić information content (AvgIpc) is 2.83. The molecular formula is C26H23N3O2. The maximum absolute atomic E-state index is 6.90. The number of rotatable bonds is 4. The molecule has 0 bridgehead atoms. The summed E-state index contributed by atoms with van der Waals surface area (Å²) < 4.78 is 12.6. The molecular weight excluding hydrogens is 386 g/mol. The number of methoxy groups -OCH3 is 1. The third kappa shape index (κ3) is 2.90. The second-order valence-corrected chi connectivity index (χ2v) is 7.52.